The van der Waals surface area contributed by atoms with Gasteiger partial charge in [-0.2, -0.15) is 0 Å². The molecule has 0 heterocycles. The number of benzene rings is 1. The average Bonchev–Trinajstić information content (AvgIpc) is 2.03. The fourth-order valence-corrected chi connectivity index (χ4v) is 1.20. The average molecular weight is 201 g/mol. The first kappa shape index (κ1) is 10.0. The molecule has 0 unspecified atom stereocenters. The van der Waals surface area contributed by atoms with Gasteiger partial charge in [0.15, 0.2) is 0 Å². The first-order valence-electron chi connectivity index (χ1n) is 3.75. The van der Waals surface area contributed by atoms with E-state index in [1.54, 1.807) is 24.3 Å². The maximum Gasteiger partial charge on any atom is 0.306 e. The van der Waals surface area contributed by atoms with Crippen molar-refractivity contribution >= 4 is 17.6 Å². The molecule has 1 rings (SSSR count). The van der Waals surface area contributed by atoms with Crippen molar-refractivity contribution in [1.29, 1.82) is 0 Å². The van der Waals surface area contributed by atoms with E-state index in [1.807, 2.05) is 0 Å². The van der Waals surface area contributed by atoms with Gasteiger partial charge in [-0.25, -0.2) is 0 Å². The minimum Gasteiger partial charge on any atom is -0.481 e. The summed E-state index contributed by atoms with van der Waals surface area (Å²) in [5.41, 5.74) is 0.523. The van der Waals surface area contributed by atoms with Crippen LogP contribution in [0.2, 0.25) is 5.02 Å². The largest absolute Gasteiger partial charge is 0.481 e. The molecule has 0 aliphatic heterocycles. The van der Waals surface area contributed by atoms with E-state index in [2.05, 4.69) is 0 Å². The Morgan fingerprint density at radius 3 is 2.77 bits per heavy atom. The molecule has 0 bridgehead atoms. The van der Waals surface area contributed by atoms with Crippen LogP contribution in [-0.2, 0) is 4.79 Å². The molecule has 0 aliphatic rings. The lowest BCUT2D eigenvalue weighted by Crippen LogP contribution is -2.05. The van der Waals surface area contributed by atoms with Crippen LogP contribution in [-0.4, -0.2) is 16.2 Å². The molecule has 0 amide bonds. The number of carboxylic acid groups (broad SMARTS) is 1. The summed E-state index contributed by atoms with van der Waals surface area (Å²) < 4.78 is 0. The number of halogens is 1. The van der Waals surface area contributed by atoms with E-state index in [1.165, 1.54) is 0 Å². The maximum atomic E-state index is 10.3. The van der Waals surface area contributed by atoms with Gasteiger partial charge in [0.1, 0.15) is 0 Å². The van der Waals surface area contributed by atoms with E-state index in [9.17, 15) is 9.90 Å². The van der Waals surface area contributed by atoms with Crippen molar-refractivity contribution in [3.05, 3.63) is 34.9 Å². The highest BCUT2D eigenvalue weighted by Crippen LogP contribution is 2.19. The molecule has 1 aromatic rings. The number of aliphatic hydroxyl groups is 1. The molecule has 0 aliphatic carbocycles. The van der Waals surface area contributed by atoms with Crippen molar-refractivity contribution in [1.82, 2.24) is 0 Å². The predicted octanol–water partition coefficient (Wildman–Crippen LogP) is 1.85. The molecule has 0 fully saturated rings. The fourth-order valence-electron chi connectivity index (χ4n) is 0.997. The number of carboxylic acids is 1. The second-order valence-electron chi connectivity index (χ2n) is 2.67. The maximum absolute atomic E-state index is 10.3. The van der Waals surface area contributed by atoms with Crippen molar-refractivity contribution in [2.75, 3.05) is 0 Å². The summed E-state index contributed by atoms with van der Waals surface area (Å²) in [6.45, 7) is 0. The van der Waals surface area contributed by atoms with Gasteiger partial charge in [-0.15, -0.1) is 0 Å². The molecule has 0 saturated carbocycles. The lowest BCUT2D eigenvalue weighted by molar-refractivity contribution is -0.139. The molecule has 4 heteroatoms. The normalized spacial score (nSPS) is 12.5. The van der Waals surface area contributed by atoms with Gasteiger partial charge < -0.3 is 10.2 Å². The second kappa shape index (κ2) is 4.25. The van der Waals surface area contributed by atoms with Crippen LogP contribution in [0.25, 0.3) is 0 Å². The Morgan fingerprint density at radius 2 is 2.23 bits per heavy atom. The number of aliphatic hydroxyl groups excluding tert-OH is 1. The summed E-state index contributed by atoms with van der Waals surface area (Å²) in [7, 11) is 0. The Labute approximate surface area is 80.6 Å². The highest BCUT2D eigenvalue weighted by molar-refractivity contribution is 6.30. The molecule has 70 valence electrons. The van der Waals surface area contributed by atoms with Crippen molar-refractivity contribution < 1.29 is 15.0 Å². The SMILES string of the molecule is O=C(O)C[C@H](O)c1cccc(Cl)c1. The minimum absolute atomic E-state index is 0.305. The number of rotatable bonds is 3. The van der Waals surface area contributed by atoms with E-state index in [4.69, 9.17) is 16.7 Å². The van der Waals surface area contributed by atoms with E-state index in [0.29, 0.717) is 10.6 Å². The van der Waals surface area contributed by atoms with Crippen LogP contribution in [0.1, 0.15) is 18.1 Å². The Hall–Kier alpha value is -1.06. The third kappa shape index (κ3) is 3.05. The second-order valence-corrected chi connectivity index (χ2v) is 3.11. The molecule has 0 radical (unpaired) electrons. The van der Waals surface area contributed by atoms with E-state index in [-0.39, 0.29) is 6.42 Å². The first-order chi connectivity index (χ1) is 6.09. The Bertz CT molecular complexity index is 311. The Kier molecular flexibility index (Phi) is 3.28. The summed E-state index contributed by atoms with van der Waals surface area (Å²) in [4.78, 5) is 10.3. The summed E-state index contributed by atoms with van der Waals surface area (Å²) in [6, 6.07) is 6.52. The third-order valence-electron chi connectivity index (χ3n) is 1.60. The zero-order valence-electron chi connectivity index (χ0n) is 6.77. The molecule has 3 nitrogen and oxygen atoms in total. The fraction of sp³-hybridized carbons (Fsp3) is 0.222. The molecule has 1 atom stereocenters. The van der Waals surface area contributed by atoms with E-state index < -0.39 is 12.1 Å². The van der Waals surface area contributed by atoms with Crippen LogP contribution in [0.15, 0.2) is 24.3 Å². The van der Waals surface area contributed by atoms with Crippen molar-refractivity contribution in [3.63, 3.8) is 0 Å². The zero-order chi connectivity index (χ0) is 9.84. The standard InChI is InChI=1S/C9H9ClO3/c10-7-3-1-2-6(4-7)8(11)5-9(12)13/h1-4,8,11H,5H2,(H,12,13)/t8-/m0/s1. The lowest BCUT2D eigenvalue weighted by atomic mass is 10.1. The molecule has 13 heavy (non-hydrogen) atoms. The molecule has 0 spiro atoms. The predicted molar refractivity (Wildman–Crippen MR) is 48.7 cm³/mol. The number of hydrogen-bond donors (Lipinski definition) is 2. The van der Waals surface area contributed by atoms with Gasteiger partial charge in [-0.3, -0.25) is 4.79 Å². The van der Waals surface area contributed by atoms with Crippen LogP contribution in [0.5, 0.6) is 0 Å². The van der Waals surface area contributed by atoms with Gasteiger partial charge in [0.2, 0.25) is 0 Å². The van der Waals surface area contributed by atoms with Gasteiger partial charge in [-0.05, 0) is 17.7 Å². The quantitative estimate of drug-likeness (QED) is 0.783. The van der Waals surface area contributed by atoms with Crippen LogP contribution < -0.4 is 0 Å². The monoisotopic (exact) mass is 200 g/mol. The van der Waals surface area contributed by atoms with Crippen LogP contribution in [0.4, 0.5) is 0 Å². The molecule has 0 aromatic heterocycles. The summed E-state index contributed by atoms with van der Waals surface area (Å²) in [5, 5.41) is 18.3. The highest BCUT2D eigenvalue weighted by Gasteiger charge is 2.11. The van der Waals surface area contributed by atoms with Crippen molar-refractivity contribution in [2.24, 2.45) is 0 Å². The molecule has 1 aromatic carbocycles. The summed E-state index contributed by atoms with van der Waals surface area (Å²) in [6.07, 6.45) is -1.29. The van der Waals surface area contributed by atoms with Crippen LogP contribution in [0.3, 0.4) is 0 Å². The molecule has 2 N–H and O–H groups in total. The van der Waals surface area contributed by atoms with E-state index >= 15 is 0 Å². The minimum atomic E-state index is -1.03. The molecular weight excluding hydrogens is 192 g/mol. The number of hydrogen-bond acceptors (Lipinski definition) is 2. The molecular formula is C9H9ClO3. The topological polar surface area (TPSA) is 57.5 Å². The summed E-state index contributed by atoms with van der Waals surface area (Å²) in [5.74, 6) is -1.03. The third-order valence-corrected chi connectivity index (χ3v) is 1.84. The first-order valence-corrected chi connectivity index (χ1v) is 4.12. The lowest BCUT2D eigenvalue weighted by Gasteiger charge is -2.07. The smallest absolute Gasteiger partial charge is 0.306 e. The van der Waals surface area contributed by atoms with Crippen molar-refractivity contribution in [2.45, 2.75) is 12.5 Å². The highest BCUT2D eigenvalue weighted by atomic mass is 35.5. The number of carbonyl (C=O) groups is 1. The van der Waals surface area contributed by atoms with Crippen LogP contribution >= 0.6 is 11.6 Å². The van der Waals surface area contributed by atoms with Gasteiger partial charge >= 0.3 is 5.97 Å². The van der Waals surface area contributed by atoms with Gasteiger partial charge in [-0.1, -0.05) is 23.7 Å². The zero-order valence-corrected chi connectivity index (χ0v) is 7.53. The number of aliphatic carboxylic acids is 1. The van der Waals surface area contributed by atoms with Gasteiger partial charge in [0, 0.05) is 5.02 Å². The van der Waals surface area contributed by atoms with Crippen molar-refractivity contribution in [3.8, 4) is 0 Å². The van der Waals surface area contributed by atoms with Gasteiger partial charge in [0.05, 0.1) is 12.5 Å². The summed E-state index contributed by atoms with van der Waals surface area (Å²) >= 11 is 5.67. The van der Waals surface area contributed by atoms with Gasteiger partial charge in [0.25, 0.3) is 0 Å². The Balaban J connectivity index is 2.76. The van der Waals surface area contributed by atoms with E-state index in [0.717, 1.165) is 0 Å². The molecule has 0 saturated heterocycles. The Morgan fingerprint density at radius 1 is 1.54 bits per heavy atom. The van der Waals surface area contributed by atoms with Crippen LogP contribution in [0, 0.1) is 0 Å².